The summed E-state index contributed by atoms with van der Waals surface area (Å²) in [4.78, 5) is 0. The van der Waals surface area contributed by atoms with Crippen LogP contribution in [-0.2, 0) is 14.3 Å². The van der Waals surface area contributed by atoms with Gasteiger partial charge in [0.15, 0.2) is 0 Å². The van der Waals surface area contributed by atoms with Crippen LogP contribution >= 0.6 is 0 Å². The first-order chi connectivity index (χ1) is 6.54. The number of hydrogen-bond acceptors (Lipinski definition) is 3. The Labute approximate surface area is 87.7 Å². The Morgan fingerprint density at radius 2 is 1.73 bits per heavy atom. The molecule has 0 aliphatic rings. The molecule has 0 aliphatic carbocycles. The molecule has 1 atom stereocenters. The molecule has 7 heteroatoms. The summed E-state index contributed by atoms with van der Waals surface area (Å²) < 4.78 is 62.5. The van der Waals surface area contributed by atoms with Crippen LogP contribution in [0.1, 0.15) is 20.3 Å². The van der Waals surface area contributed by atoms with Crippen molar-refractivity contribution < 1.29 is 25.8 Å². The van der Waals surface area contributed by atoms with E-state index in [1.807, 2.05) is 0 Å². The summed E-state index contributed by atoms with van der Waals surface area (Å²) in [6.45, 7) is 2.46. The van der Waals surface area contributed by atoms with Crippen molar-refractivity contribution in [3.8, 4) is 0 Å². The minimum absolute atomic E-state index is 0.339. The van der Waals surface area contributed by atoms with Crippen LogP contribution in [0.5, 0.6) is 0 Å². The van der Waals surface area contributed by atoms with E-state index in [-0.39, 0.29) is 6.42 Å². The van der Waals surface area contributed by atoms with Gasteiger partial charge in [0, 0.05) is 0 Å². The molecule has 0 aromatic heterocycles. The second-order valence-electron chi connectivity index (χ2n) is 3.71. The lowest BCUT2D eigenvalue weighted by molar-refractivity contribution is -0.189. The first-order valence-corrected chi connectivity index (χ1v) is 6.27. The standard InChI is InChI=1S/C8H15F3O3S/c1-6(2)7(8(9,10)11)4-5-14-15(3,12)13/h6-7H,4-5H2,1-3H3. The molecule has 0 amide bonds. The second-order valence-corrected chi connectivity index (χ2v) is 5.35. The average molecular weight is 248 g/mol. The Bertz CT molecular complexity index is 282. The first kappa shape index (κ1) is 14.7. The van der Waals surface area contributed by atoms with E-state index in [4.69, 9.17) is 0 Å². The van der Waals surface area contributed by atoms with Crippen LogP contribution in [-0.4, -0.2) is 27.5 Å². The third kappa shape index (κ3) is 6.72. The van der Waals surface area contributed by atoms with Gasteiger partial charge in [-0.2, -0.15) is 21.6 Å². The molecule has 0 bridgehead atoms. The zero-order chi connectivity index (χ0) is 12.3. The Balaban J connectivity index is 4.22. The van der Waals surface area contributed by atoms with Gasteiger partial charge >= 0.3 is 6.18 Å². The largest absolute Gasteiger partial charge is 0.392 e. The van der Waals surface area contributed by atoms with Crippen molar-refractivity contribution in [3.05, 3.63) is 0 Å². The molecule has 0 saturated heterocycles. The van der Waals surface area contributed by atoms with E-state index in [0.717, 1.165) is 6.26 Å². The quantitative estimate of drug-likeness (QED) is 0.700. The van der Waals surface area contributed by atoms with Crippen LogP contribution in [0, 0.1) is 11.8 Å². The molecule has 92 valence electrons. The molecule has 0 fully saturated rings. The maximum Gasteiger partial charge on any atom is 0.392 e. The van der Waals surface area contributed by atoms with E-state index in [1.54, 1.807) is 0 Å². The number of halogens is 3. The minimum Gasteiger partial charge on any atom is -0.270 e. The maximum atomic E-state index is 12.4. The average Bonchev–Trinajstić information content (AvgIpc) is 1.92. The van der Waals surface area contributed by atoms with Crippen molar-refractivity contribution in [2.45, 2.75) is 26.4 Å². The summed E-state index contributed by atoms with van der Waals surface area (Å²) in [7, 11) is -3.66. The van der Waals surface area contributed by atoms with Gasteiger partial charge in [-0.1, -0.05) is 13.8 Å². The lowest BCUT2D eigenvalue weighted by atomic mass is 9.92. The number of hydrogen-bond donors (Lipinski definition) is 0. The summed E-state index contributed by atoms with van der Waals surface area (Å²) in [5.41, 5.74) is 0. The summed E-state index contributed by atoms with van der Waals surface area (Å²) in [5.74, 6) is -2.12. The van der Waals surface area contributed by atoms with E-state index < -0.39 is 34.7 Å². The van der Waals surface area contributed by atoms with Crippen LogP contribution in [0.15, 0.2) is 0 Å². The third-order valence-corrected chi connectivity index (χ3v) is 2.55. The summed E-state index contributed by atoms with van der Waals surface area (Å²) in [5, 5.41) is 0. The van der Waals surface area contributed by atoms with Crippen molar-refractivity contribution in [1.29, 1.82) is 0 Å². The zero-order valence-corrected chi connectivity index (χ0v) is 9.65. The van der Waals surface area contributed by atoms with Crippen LogP contribution in [0.2, 0.25) is 0 Å². The van der Waals surface area contributed by atoms with Gasteiger partial charge in [-0.05, 0) is 12.3 Å². The summed E-state index contributed by atoms with van der Waals surface area (Å²) in [6.07, 6.45) is -3.84. The van der Waals surface area contributed by atoms with E-state index in [2.05, 4.69) is 4.18 Å². The molecule has 15 heavy (non-hydrogen) atoms. The van der Waals surface area contributed by atoms with Crippen LogP contribution in [0.4, 0.5) is 13.2 Å². The summed E-state index contributed by atoms with van der Waals surface area (Å²) in [6, 6.07) is 0. The lowest BCUT2D eigenvalue weighted by Crippen LogP contribution is -2.29. The predicted octanol–water partition coefficient (Wildman–Crippen LogP) is 2.19. The topological polar surface area (TPSA) is 43.4 Å². The Morgan fingerprint density at radius 3 is 2.00 bits per heavy atom. The predicted molar refractivity (Wildman–Crippen MR) is 49.8 cm³/mol. The molecule has 0 spiro atoms. The molecule has 0 saturated carbocycles. The second kappa shape index (κ2) is 5.16. The highest BCUT2D eigenvalue weighted by atomic mass is 32.2. The molecule has 0 rings (SSSR count). The third-order valence-electron chi connectivity index (χ3n) is 1.95. The van der Waals surface area contributed by atoms with Gasteiger partial charge in [-0.25, -0.2) is 0 Å². The molecule has 0 heterocycles. The maximum absolute atomic E-state index is 12.4. The van der Waals surface area contributed by atoms with Gasteiger partial charge in [0.1, 0.15) is 0 Å². The van der Waals surface area contributed by atoms with Crippen molar-refractivity contribution in [1.82, 2.24) is 0 Å². The first-order valence-electron chi connectivity index (χ1n) is 4.45. The fourth-order valence-electron chi connectivity index (χ4n) is 1.20. The molecule has 0 aliphatic heterocycles. The van der Waals surface area contributed by atoms with Gasteiger partial charge in [0.05, 0.1) is 18.8 Å². The lowest BCUT2D eigenvalue weighted by Gasteiger charge is -2.23. The van der Waals surface area contributed by atoms with Crippen molar-refractivity contribution in [2.24, 2.45) is 11.8 Å². The monoisotopic (exact) mass is 248 g/mol. The molecule has 0 aromatic rings. The van der Waals surface area contributed by atoms with Crippen molar-refractivity contribution >= 4 is 10.1 Å². The van der Waals surface area contributed by atoms with Crippen LogP contribution in [0.25, 0.3) is 0 Å². The highest BCUT2D eigenvalue weighted by molar-refractivity contribution is 7.85. The SMILES string of the molecule is CC(C)C(CCOS(C)(=O)=O)C(F)(F)F. The highest BCUT2D eigenvalue weighted by Gasteiger charge is 2.41. The molecule has 0 N–H and O–H groups in total. The van der Waals surface area contributed by atoms with Gasteiger partial charge in [-0.3, -0.25) is 4.18 Å². The van der Waals surface area contributed by atoms with Gasteiger partial charge < -0.3 is 0 Å². The molecular formula is C8H15F3O3S. The van der Waals surface area contributed by atoms with E-state index in [9.17, 15) is 21.6 Å². The van der Waals surface area contributed by atoms with E-state index in [1.165, 1.54) is 13.8 Å². The zero-order valence-electron chi connectivity index (χ0n) is 8.84. The van der Waals surface area contributed by atoms with Crippen LogP contribution in [0.3, 0.4) is 0 Å². The number of rotatable bonds is 5. The minimum atomic E-state index is -4.31. The Hall–Kier alpha value is -0.300. The smallest absolute Gasteiger partial charge is 0.270 e. The van der Waals surface area contributed by atoms with Crippen molar-refractivity contribution in [2.75, 3.05) is 12.9 Å². The molecular weight excluding hydrogens is 233 g/mol. The van der Waals surface area contributed by atoms with E-state index >= 15 is 0 Å². The fraction of sp³-hybridized carbons (Fsp3) is 1.00. The van der Waals surface area contributed by atoms with Crippen molar-refractivity contribution in [3.63, 3.8) is 0 Å². The van der Waals surface area contributed by atoms with Gasteiger partial charge in [-0.15, -0.1) is 0 Å². The summed E-state index contributed by atoms with van der Waals surface area (Å²) >= 11 is 0. The van der Waals surface area contributed by atoms with Gasteiger partial charge in [0.2, 0.25) is 0 Å². The molecule has 0 aromatic carbocycles. The molecule has 3 nitrogen and oxygen atoms in total. The highest BCUT2D eigenvalue weighted by Crippen LogP contribution is 2.34. The normalized spacial score (nSPS) is 15.7. The van der Waals surface area contributed by atoms with E-state index in [0.29, 0.717) is 0 Å². The Kier molecular flexibility index (Phi) is 5.05. The number of alkyl halides is 3. The Morgan fingerprint density at radius 1 is 1.27 bits per heavy atom. The van der Waals surface area contributed by atoms with Crippen LogP contribution < -0.4 is 0 Å². The van der Waals surface area contributed by atoms with Gasteiger partial charge in [0.25, 0.3) is 10.1 Å². The molecule has 1 unspecified atom stereocenters. The molecule has 0 radical (unpaired) electrons. The fourth-order valence-corrected chi connectivity index (χ4v) is 1.60.